The number of fused-ring (bicyclic) bond motifs is 2. The van der Waals surface area contributed by atoms with Gasteiger partial charge < -0.3 is 14.6 Å². The molecule has 0 aliphatic carbocycles. The lowest BCUT2D eigenvalue weighted by Crippen LogP contribution is -2.09. The molecule has 2 aromatic rings. The van der Waals surface area contributed by atoms with Crippen molar-refractivity contribution in [2.24, 2.45) is 0 Å². The molecule has 0 amide bonds. The van der Waals surface area contributed by atoms with E-state index in [1.807, 2.05) is 30.3 Å². The Bertz CT molecular complexity index is 583. The molecule has 3 rings (SSSR count). The van der Waals surface area contributed by atoms with E-state index < -0.39 is 6.29 Å². The van der Waals surface area contributed by atoms with E-state index in [2.05, 4.69) is 4.98 Å². The van der Waals surface area contributed by atoms with Gasteiger partial charge in [0, 0.05) is 18.2 Å². The Morgan fingerprint density at radius 3 is 2.94 bits per heavy atom. The van der Waals surface area contributed by atoms with E-state index in [-0.39, 0.29) is 0 Å². The summed E-state index contributed by atoms with van der Waals surface area (Å²) in [6.45, 7) is 0. The van der Waals surface area contributed by atoms with Gasteiger partial charge in [0.05, 0.1) is 7.11 Å². The molecule has 1 aromatic heterocycles. The molecule has 1 aliphatic rings. The number of hydrogen-bond donors (Lipinski definition) is 1. The number of ether oxygens (including phenoxy) is 2. The molecule has 0 fully saturated rings. The second-order valence-corrected chi connectivity index (χ2v) is 4.14. The molecule has 92 valence electrons. The zero-order valence-corrected chi connectivity index (χ0v) is 9.96. The van der Waals surface area contributed by atoms with Crippen molar-refractivity contribution in [3.05, 3.63) is 53.3 Å². The van der Waals surface area contributed by atoms with Crippen molar-refractivity contribution in [3.8, 4) is 11.5 Å². The van der Waals surface area contributed by atoms with Crippen LogP contribution in [0.2, 0.25) is 0 Å². The normalized spacial score (nSPS) is 17.1. The minimum absolute atomic E-state index is 0.566. The average molecular weight is 243 g/mol. The first-order valence-electron chi connectivity index (χ1n) is 5.74. The summed E-state index contributed by atoms with van der Waals surface area (Å²) in [4.78, 5) is 4.18. The van der Waals surface area contributed by atoms with Crippen LogP contribution < -0.4 is 9.47 Å². The van der Waals surface area contributed by atoms with Crippen LogP contribution in [0.15, 0.2) is 36.5 Å². The number of aromatic nitrogens is 1. The van der Waals surface area contributed by atoms with Gasteiger partial charge in [-0.05, 0) is 17.7 Å². The van der Waals surface area contributed by atoms with Crippen LogP contribution in [0.1, 0.15) is 23.1 Å². The summed E-state index contributed by atoms with van der Waals surface area (Å²) in [6, 6.07) is 9.50. The Kier molecular flexibility index (Phi) is 2.64. The largest absolute Gasteiger partial charge is 0.493 e. The quantitative estimate of drug-likeness (QED) is 0.833. The van der Waals surface area contributed by atoms with E-state index in [1.54, 1.807) is 13.3 Å². The summed E-state index contributed by atoms with van der Waals surface area (Å²) >= 11 is 0. The number of nitrogens with zero attached hydrogens (tertiary/aromatic N) is 1. The van der Waals surface area contributed by atoms with Gasteiger partial charge in [0.15, 0.2) is 11.5 Å². The van der Waals surface area contributed by atoms with E-state index >= 15 is 0 Å². The fourth-order valence-electron chi connectivity index (χ4n) is 2.19. The van der Waals surface area contributed by atoms with Gasteiger partial charge in [-0.3, -0.25) is 4.98 Å². The standard InChI is InChI=1S/C14H13NO3/c1-17-11-6-2-4-10-8-9-5-3-7-15-12(9)14(16)18-13(10)11/h2-7,14,16H,8H2,1H3. The van der Waals surface area contributed by atoms with Crippen molar-refractivity contribution in [2.45, 2.75) is 12.7 Å². The van der Waals surface area contributed by atoms with Gasteiger partial charge in [-0.2, -0.15) is 0 Å². The molecule has 4 heteroatoms. The molecule has 4 nitrogen and oxygen atoms in total. The van der Waals surface area contributed by atoms with Gasteiger partial charge in [-0.25, -0.2) is 0 Å². The number of pyridine rings is 1. The minimum Gasteiger partial charge on any atom is -0.493 e. The predicted molar refractivity (Wildman–Crippen MR) is 65.6 cm³/mol. The fourth-order valence-corrected chi connectivity index (χ4v) is 2.19. The summed E-state index contributed by atoms with van der Waals surface area (Å²) in [7, 11) is 1.58. The Morgan fingerprint density at radius 2 is 2.11 bits per heavy atom. The maximum atomic E-state index is 10.1. The van der Waals surface area contributed by atoms with Gasteiger partial charge in [0.1, 0.15) is 5.69 Å². The Labute approximate surface area is 105 Å². The predicted octanol–water partition coefficient (Wildman–Crippen LogP) is 2.06. The lowest BCUT2D eigenvalue weighted by Gasteiger charge is -2.14. The molecule has 0 saturated carbocycles. The molecule has 2 heterocycles. The summed E-state index contributed by atoms with van der Waals surface area (Å²) in [6.07, 6.45) is 1.27. The number of benzene rings is 1. The highest BCUT2D eigenvalue weighted by molar-refractivity contribution is 5.50. The highest BCUT2D eigenvalue weighted by atomic mass is 16.6. The lowest BCUT2D eigenvalue weighted by molar-refractivity contribution is -0.0238. The van der Waals surface area contributed by atoms with Crippen molar-refractivity contribution in [1.29, 1.82) is 0 Å². The number of methoxy groups -OCH3 is 1. The van der Waals surface area contributed by atoms with Gasteiger partial charge in [-0.15, -0.1) is 0 Å². The Morgan fingerprint density at radius 1 is 1.28 bits per heavy atom. The number of aliphatic hydroxyl groups excluding tert-OH is 1. The third kappa shape index (κ3) is 1.71. The zero-order valence-electron chi connectivity index (χ0n) is 9.96. The van der Waals surface area contributed by atoms with E-state index in [4.69, 9.17) is 9.47 Å². The monoisotopic (exact) mass is 243 g/mol. The molecule has 1 aliphatic heterocycles. The fraction of sp³-hybridized carbons (Fsp3) is 0.214. The smallest absolute Gasteiger partial charge is 0.241 e. The van der Waals surface area contributed by atoms with Crippen LogP contribution in [-0.2, 0) is 6.42 Å². The molecule has 0 saturated heterocycles. The van der Waals surface area contributed by atoms with Gasteiger partial charge in [-0.1, -0.05) is 18.2 Å². The first-order valence-corrected chi connectivity index (χ1v) is 5.74. The average Bonchev–Trinajstić information content (AvgIpc) is 2.54. The summed E-state index contributed by atoms with van der Waals surface area (Å²) in [5, 5.41) is 10.1. The van der Waals surface area contributed by atoms with Crippen LogP contribution in [-0.4, -0.2) is 17.2 Å². The van der Waals surface area contributed by atoms with Crippen LogP contribution in [0, 0.1) is 0 Å². The van der Waals surface area contributed by atoms with Gasteiger partial charge in [0.25, 0.3) is 0 Å². The molecule has 0 bridgehead atoms. The molecule has 1 unspecified atom stereocenters. The third-order valence-electron chi connectivity index (χ3n) is 3.05. The third-order valence-corrected chi connectivity index (χ3v) is 3.05. The van der Waals surface area contributed by atoms with Gasteiger partial charge >= 0.3 is 0 Å². The van der Waals surface area contributed by atoms with E-state index in [9.17, 15) is 5.11 Å². The summed E-state index contributed by atoms with van der Waals surface area (Å²) in [5.74, 6) is 1.21. The van der Waals surface area contributed by atoms with Crippen LogP contribution in [0.5, 0.6) is 11.5 Å². The van der Waals surface area contributed by atoms with Crippen LogP contribution in [0.25, 0.3) is 0 Å². The maximum Gasteiger partial charge on any atom is 0.241 e. The Hall–Kier alpha value is -2.07. The van der Waals surface area contributed by atoms with E-state index in [1.165, 1.54) is 0 Å². The number of aliphatic hydroxyl groups is 1. The second-order valence-electron chi connectivity index (χ2n) is 4.14. The first-order chi connectivity index (χ1) is 8.79. The molecule has 0 spiro atoms. The number of rotatable bonds is 1. The van der Waals surface area contributed by atoms with Gasteiger partial charge in [0.2, 0.25) is 6.29 Å². The van der Waals surface area contributed by atoms with Crippen LogP contribution in [0.3, 0.4) is 0 Å². The minimum atomic E-state index is -1.06. The molecule has 18 heavy (non-hydrogen) atoms. The van der Waals surface area contributed by atoms with Crippen molar-refractivity contribution < 1.29 is 14.6 Å². The molecule has 1 aromatic carbocycles. The maximum absolute atomic E-state index is 10.1. The molecule has 0 radical (unpaired) electrons. The highest BCUT2D eigenvalue weighted by Gasteiger charge is 2.24. The first kappa shape index (κ1) is 11.0. The van der Waals surface area contributed by atoms with Crippen molar-refractivity contribution in [1.82, 2.24) is 4.98 Å². The Balaban J connectivity index is 2.14. The second kappa shape index (κ2) is 4.31. The highest BCUT2D eigenvalue weighted by Crippen LogP contribution is 2.38. The van der Waals surface area contributed by atoms with E-state index in [0.29, 0.717) is 23.6 Å². The van der Waals surface area contributed by atoms with E-state index in [0.717, 1.165) is 11.1 Å². The molecular formula is C14H13NO3. The zero-order chi connectivity index (χ0) is 12.5. The SMILES string of the molecule is COc1cccc2c1OC(O)c1ncccc1C2. The molecular weight excluding hydrogens is 230 g/mol. The van der Waals surface area contributed by atoms with Crippen LogP contribution >= 0.6 is 0 Å². The molecule has 1 atom stereocenters. The summed E-state index contributed by atoms with van der Waals surface area (Å²) < 4.78 is 10.8. The number of para-hydroxylation sites is 1. The van der Waals surface area contributed by atoms with Crippen molar-refractivity contribution >= 4 is 0 Å². The number of hydrogen-bond acceptors (Lipinski definition) is 4. The lowest BCUT2D eigenvalue weighted by atomic mass is 10.0. The van der Waals surface area contributed by atoms with Crippen molar-refractivity contribution in [3.63, 3.8) is 0 Å². The van der Waals surface area contributed by atoms with Crippen molar-refractivity contribution in [2.75, 3.05) is 7.11 Å². The topological polar surface area (TPSA) is 51.6 Å². The summed E-state index contributed by atoms with van der Waals surface area (Å²) in [5.41, 5.74) is 2.52. The molecule has 1 N–H and O–H groups in total. The van der Waals surface area contributed by atoms with Crippen LogP contribution in [0.4, 0.5) is 0 Å².